The standard InChI is InChI=1S/C17H9F4NO2/c18-12-7-10-4-5-14(22-15(10)13(8-12)16(23)24)9-2-1-3-11(6-9)17(19,20)21/h1-8H,(H,23,24). The van der Waals surface area contributed by atoms with E-state index in [-0.39, 0.29) is 27.7 Å². The van der Waals surface area contributed by atoms with E-state index < -0.39 is 23.5 Å². The summed E-state index contributed by atoms with van der Waals surface area (Å²) in [6.07, 6.45) is -4.50. The molecule has 7 heteroatoms. The molecule has 24 heavy (non-hydrogen) atoms. The van der Waals surface area contributed by atoms with E-state index in [2.05, 4.69) is 4.98 Å². The molecule has 1 N–H and O–H groups in total. The van der Waals surface area contributed by atoms with Crippen molar-refractivity contribution in [2.75, 3.05) is 0 Å². The molecule has 0 bridgehead atoms. The maximum absolute atomic E-state index is 13.4. The minimum Gasteiger partial charge on any atom is -0.478 e. The smallest absolute Gasteiger partial charge is 0.416 e. The van der Waals surface area contributed by atoms with Crippen molar-refractivity contribution in [3.8, 4) is 11.3 Å². The minimum atomic E-state index is -4.50. The van der Waals surface area contributed by atoms with Crippen LogP contribution in [-0.4, -0.2) is 16.1 Å². The molecular formula is C17H9F4NO2. The minimum absolute atomic E-state index is 0.0128. The molecule has 0 aliphatic heterocycles. The second-order valence-corrected chi connectivity index (χ2v) is 5.11. The fraction of sp³-hybridized carbons (Fsp3) is 0.0588. The van der Waals surface area contributed by atoms with Gasteiger partial charge in [-0.2, -0.15) is 13.2 Å². The van der Waals surface area contributed by atoms with Gasteiger partial charge in [0.05, 0.1) is 22.3 Å². The van der Waals surface area contributed by atoms with Crippen LogP contribution in [0.5, 0.6) is 0 Å². The van der Waals surface area contributed by atoms with E-state index in [4.69, 9.17) is 5.11 Å². The molecule has 122 valence electrons. The number of halogens is 4. The lowest BCUT2D eigenvalue weighted by atomic mass is 10.0. The first kappa shape index (κ1) is 15.9. The van der Waals surface area contributed by atoms with Crippen LogP contribution in [-0.2, 0) is 6.18 Å². The molecule has 0 aliphatic rings. The van der Waals surface area contributed by atoms with Crippen LogP contribution in [0.3, 0.4) is 0 Å². The molecule has 0 saturated carbocycles. The Hall–Kier alpha value is -2.96. The predicted octanol–water partition coefficient (Wildman–Crippen LogP) is 4.76. The molecule has 1 aromatic heterocycles. The highest BCUT2D eigenvalue weighted by molar-refractivity contribution is 6.02. The van der Waals surface area contributed by atoms with Crippen LogP contribution in [0.1, 0.15) is 15.9 Å². The van der Waals surface area contributed by atoms with Crippen molar-refractivity contribution in [3.05, 3.63) is 65.5 Å². The molecule has 2 aromatic carbocycles. The third kappa shape index (κ3) is 2.92. The molecule has 0 fully saturated rings. The van der Waals surface area contributed by atoms with Crippen LogP contribution in [0.2, 0.25) is 0 Å². The van der Waals surface area contributed by atoms with Gasteiger partial charge < -0.3 is 5.11 Å². The number of carboxylic acid groups (broad SMARTS) is 1. The molecule has 1 heterocycles. The molecule has 0 aliphatic carbocycles. The van der Waals surface area contributed by atoms with E-state index in [0.717, 1.165) is 24.3 Å². The van der Waals surface area contributed by atoms with E-state index in [1.807, 2.05) is 0 Å². The van der Waals surface area contributed by atoms with Crippen LogP contribution in [0.4, 0.5) is 17.6 Å². The molecule has 3 nitrogen and oxygen atoms in total. The summed E-state index contributed by atoms with van der Waals surface area (Å²) in [5.41, 5.74) is -0.813. The van der Waals surface area contributed by atoms with Crippen LogP contribution in [0.15, 0.2) is 48.5 Å². The number of hydrogen-bond acceptors (Lipinski definition) is 2. The fourth-order valence-electron chi connectivity index (χ4n) is 2.38. The van der Waals surface area contributed by atoms with Gasteiger partial charge in [-0.05, 0) is 30.3 Å². The van der Waals surface area contributed by atoms with Crippen molar-refractivity contribution in [1.29, 1.82) is 0 Å². The number of carbonyl (C=O) groups is 1. The number of aromatic nitrogens is 1. The zero-order valence-electron chi connectivity index (χ0n) is 11.9. The molecule has 3 rings (SSSR count). The summed E-state index contributed by atoms with van der Waals surface area (Å²) in [5, 5.41) is 9.42. The van der Waals surface area contributed by atoms with E-state index in [1.165, 1.54) is 24.3 Å². The Morgan fingerprint density at radius 2 is 1.79 bits per heavy atom. The second-order valence-electron chi connectivity index (χ2n) is 5.11. The van der Waals surface area contributed by atoms with Crippen LogP contribution < -0.4 is 0 Å². The number of alkyl halides is 3. The van der Waals surface area contributed by atoms with Crippen molar-refractivity contribution >= 4 is 16.9 Å². The summed E-state index contributed by atoms with van der Waals surface area (Å²) in [4.78, 5) is 15.4. The van der Waals surface area contributed by atoms with Crippen molar-refractivity contribution in [2.45, 2.75) is 6.18 Å². The summed E-state index contributed by atoms with van der Waals surface area (Å²) < 4.78 is 51.9. The van der Waals surface area contributed by atoms with Gasteiger partial charge in [-0.1, -0.05) is 18.2 Å². The van der Waals surface area contributed by atoms with E-state index >= 15 is 0 Å². The van der Waals surface area contributed by atoms with Gasteiger partial charge in [0.2, 0.25) is 0 Å². The first-order valence-corrected chi connectivity index (χ1v) is 6.77. The van der Waals surface area contributed by atoms with Gasteiger partial charge in [-0.25, -0.2) is 14.2 Å². The van der Waals surface area contributed by atoms with E-state index in [0.29, 0.717) is 0 Å². The second kappa shape index (κ2) is 5.59. The number of nitrogens with zero attached hydrogens (tertiary/aromatic N) is 1. The van der Waals surface area contributed by atoms with E-state index in [9.17, 15) is 22.4 Å². The number of aromatic carboxylic acids is 1. The lowest BCUT2D eigenvalue weighted by Crippen LogP contribution is -2.05. The maximum atomic E-state index is 13.4. The Morgan fingerprint density at radius 3 is 2.46 bits per heavy atom. The number of carboxylic acids is 1. The number of pyridine rings is 1. The normalized spacial score (nSPS) is 11.7. The van der Waals surface area contributed by atoms with Gasteiger partial charge in [0.1, 0.15) is 5.82 Å². The third-order valence-electron chi connectivity index (χ3n) is 3.47. The molecule has 0 radical (unpaired) electrons. The van der Waals surface area contributed by atoms with Crippen LogP contribution in [0.25, 0.3) is 22.2 Å². The molecule has 0 spiro atoms. The van der Waals surface area contributed by atoms with Crippen molar-refractivity contribution < 1.29 is 27.5 Å². The first-order chi connectivity index (χ1) is 11.3. The van der Waals surface area contributed by atoms with Gasteiger partial charge in [0.25, 0.3) is 0 Å². The number of benzene rings is 2. The summed E-state index contributed by atoms with van der Waals surface area (Å²) >= 11 is 0. The Balaban J connectivity index is 2.20. The van der Waals surface area contributed by atoms with Gasteiger partial charge in [0, 0.05) is 10.9 Å². The lowest BCUT2D eigenvalue weighted by molar-refractivity contribution is -0.137. The van der Waals surface area contributed by atoms with E-state index in [1.54, 1.807) is 0 Å². The van der Waals surface area contributed by atoms with Gasteiger partial charge in [-0.15, -0.1) is 0 Å². The monoisotopic (exact) mass is 335 g/mol. The van der Waals surface area contributed by atoms with Crippen molar-refractivity contribution in [2.24, 2.45) is 0 Å². The zero-order valence-corrected chi connectivity index (χ0v) is 11.9. The summed E-state index contributed by atoms with van der Waals surface area (Å²) in [6, 6.07) is 9.33. The Bertz CT molecular complexity index is 951. The Morgan fingerprint density at radius 1 is 1.04 bits per heavy atom. The summed E-state index contributed by atoms with van der Waals surface area (Å²) in [5.74, 6) is -2.10. The number of rotatable bonds is 2. The largest absolute Gasteiger partial charge is 0.478 e. The molecule has 0 amide bonds. The highest BCUT2D eigenvalue weighted by atomic mass is 19.4. The van der Waals surface area contributed by atoms with Gasteiger partial charge >= 0.3 is 12.1 Å². The van der Waals surface area contributed by atoms with Crippen LogP contribution >= 0.6 is 0 Å². The van der Waals surface area contributed by atoms with Crippen LogP contribution in [0, 0.1) is 5.82 Å². The summed E-state index contributed by atoms with van der Waals surface area (Å²) in [7, 11) is 0. The first-order valence-electron chi connectivity index (χ1n) is 6.77. The third-order valence-corrected chi connectivity index (χ3v) is 3.47. The SMILES string of the molecule is O=C(O)c1cc(F)cc2ccc(-c3cccc(C(F)(F)F)c3)nc12. The number of fused-ring (bicyclic) bond motifs is 1. The molecule has 3 aromatic rings. The quantitative estimate of drug-likeness (QED) is 0.687. The topological polar surface area (TPSA) is 50.2 Å². The molecule has 0 unspecified atom stereocenters. The highest BCUT2D eigenvalue weighted by Crippen LogP contribution is 2.32. The van der Waals surface area contributed by atoms with Gasteiger partial charge in [-0.3, -0.25) is 0 Å². The number of hydrogen-bond donors (Lipinski definition) is 1. The summed E-state index contributed by atoms with van der Waals surface area (Å²) in [6.45, 7) is 0. The molecular weight excluding hydrogens is 326 g/mol. The fourth-order valence-corrected chi connectivity index (χ4v) is 2.38. The zero-order chi connectivity index (χ0) is 17.5. The maximum Gasteiger partial charge on any atom is 0.416 e. The van der Waals surface area contributed by atoms with Crippen molar-refractivity contribution in [1.82, 2.24) is 4.98 Å². The Labute approximate surface area is 133 Å². The van der Waals surface area contributed by atoms with Gasteiger partial charge in [0.15, 0.2) is 0 Å². The average molecular weight is 335 g/mol. The highest BCUT2D eigenvalue weighted by Gasteiger charge is 2.30. The Kier molecular flexibility index (Phi) is 3.71. The average Bonchev–Trinajstić information content (AvgIpc) is 2.53. The van der Waals surface area contributed by atoms with Crippen molar-refractivity contribution in [3.63, 3.8) is 0 Å². The lowest BCUT2D eigenvalue weighted by Gasteiger charge is -2.10. The molecule has 0 saturated heterocycles. The molecule has 0 atom stereocenters. The predicted molar refractivity (Wildman–Crippen MR) is 79.1 cm³/mol.